The van der Waals surface area contributed by atoms with E-state index in [1.54, 1.807) is 31.4 Å². The summed E-state index contributed by atoms with van der Waals surface area (Å²) in [6.45, 7) is 0.483. The van der Waals surface area contributed by atoms with Crippen LogP contribution >= 0.6 is 11.6 Å². The lowest BCUT2D eigenvalue weighted by Gasteiger charge is -2.11. The minimum absolute atomic E-state index is 0.292. The number of carbonyl (C=O) groups is 1. The first kappa shape index (κ1) is 15.3. The highest BCUT2D eigenvalue weighted by Gasteiger charge is 2.12. The van der Waals surface area contributed by atoms with Crippen molar-refractivity contribution in [1.82, 2.24) is 0 Å². The Hall–Kier alpha value is -2.08. The van der Waals surface area contributed by atoms with Crippen LogP contribution in [-0.2, 0) is 11.3 Å². The van der Waals surface area contributed by atoms with Gasteiger partial charge in [-0.25, -0.2) is 0 Å². The van der Waals surface area contributed by atoms with Crippen molar-refractivity contribution in [3.8, 4) is 0 Å². The predicted octanol–water partition coefficient (Wildman–Crippen LogP) is 3.02. The van der Waals surface area contributed by atoms with Crippen LogP contribution in [-0.4, -0.2) is 13.0 Å². The highest BCUT2D eigenvalue weighted by Crippen LogP contribution is 2.21. The van der Waals surface area contributed by atoms with Crippen molar-refractivity contribution >= 4 is 28.9 Å². The number of methoxy groups -OCH3 is 1. The summed E-state index contributed by atoms with van der Waals surface area (Å²) in [5.41, 5.74) is 5.01. The van der Waals surface area contributed by atoms with Crippen molar-refractivity contribution in [1.29, 1.82) is 0 Å². The van der Waals surface area contributed by atoms with Crippen LogP contribution in [0.3, 0.4) is 0 Å². The van der Waals surface area contributed by atoms with Gasteiger partial charge >= 0.3 is 0 Å². The van der Waals surface area contributed by atoms with Gasteiger partial charge in [0.2, 0.25) is 0 Å². The minimum atomic E-state index is -0.292. The molecule has 0 aliphatic heterocycles. The van der Waals surface area contributed by atoms with Gasteiger partial charge in [-0.15, -0.1) is 0 Å². The predicted molar refractivity (Wildman–Crippen MR) is 84.4 cm³/mol. The fraction of sp³-hybridized carbons (Fsp3) is 0.133. The first-order valence-electron chi connectivity index (χ1n) is 6.29. The molecule has 0 radical (unpaired) electrons. The number of nitrogens with one attached hydrogen (secondary N) is 2. The van der Waals surface area contributed by atoms with Crippen LogP contribution in [0.4, 0.5) is 11.4 Å². The second-order valence-corrected chi connectivity index (χ2v) is 4.86. The quantitative estimate of drug-likeness (QED) is 0.586. The number of benzene rings is 2. The second kappa shape index (κ2) is 7.08. The third kappa shape index (κ3) is 3.95. The Morgan fingerprint density at radius 3 is 2.81 bits per heavy atom. The molecular formula is C15H16ClN3O2. The van der Waals surface area contributed by atoms with E-state index in [2.05, 4.69) is 10.7 Å². The van der Waals surface area contributed by atoms with E-state index < -0.39 is 0 Å². The lowest BCUT2D eigenvalue weighted by atomic mass is 10.1. The molecule has 1 amide bonds. The summed E-state index contributed by atoms with van der Waals surface area (Å²) < 4.78 is 5.07. The van der Waals surface area contributed by atoms with E-state index in [4.69, 9.17) is 22.2 Å². The van der Waals surface area contributed by atoms with Gasteiger partial charge in [0.1, 0.15) is 0 Å². The molecule has 0 saturated carbocycles. The highest BCUT2D eigenvalue weighted by molar-refractivity contribution is 6.31. The number of hydrogen-bond acceptors (Lipinski definition) is 4. The van der Waals surface area contributed by atoms with Crippen LogP contribution in [0.2, 0.25) is 5.02 Å². The summed E-state index contributed by atoms with van der Waals surface area (Å²) in [6.07, 6.45) is 0. The zero-order valence-corrected chi connectivity index (χ0v) is 12.3. The van der Waals surface area contributed by atoms with Crippen LogP contribution in [0.25, 0.3) is 0 Å². The fourth-order valence-electron chi connectivity index (χ4n) is 1.93. The Morgan fingerprint density at radius 2 is 2.10 bits per heavy atom. The largest absolute Gasteiger partial charge is 0.380 e. The smallest absolute Gasteiger partial charge is 0.257 e. The summed E-state index contributed by atoms with van der Waals surface area (Å²) in [5, 5.41) is 3.28. The van der Waals surface area contributed by atoms with Crippen LogP contribution in [0.15, 0.2) is 42.5 Å². The number of carbonyl (C=O) groups excluding carboxylic acids is 1. The zero-order valence-electron chi connectivity index (χ0n) is 11.5. The number of amides is 1. The summed E-state index contributed by atoms with van der Waals surface area (Å²) in [7, 11) is 1.62. The maximum Gasteiger partial charge on any atom is 0.257 e. The molecule has 2 aromatic rings. The van der Waals surface area contributed by atoms with E-state index in [1.807, 2.05) is 18.2 Å². The van der Waals surface area contributed by atoms with Gasteiger partial charge in [-0.05, 0) is 35.9 Å². The monoisotopic (exact) mass is 305 g/mol. The molecule has 2 aromatic carbocycles. The van der Waals surface area contributed by atoms with Gasteiger partial charge < -0.3 is 15.5 Å². The van der Waals surface area contributed by atoms with Crippen LogP contribution in [0, 0.1) is 0 Å². The Kier molecular flexibility index (Phi) is 5.16. The molecule has 0 atom stereocenters. The van der Waals surface area contributed by atoms with Crippen molar-refractivity contribution in [2.45, 2.75) is 6.61 Å². The molecular weight excluding hydrogens is 290 g/mol. The molecule has 2 rings (SSSR count). The van der Waals surface area contributed by atoms with Gasteiger partial charge in [-0.3, -0.25) is 10.6 Å². The van der Waals surface area contributed by atoms with Crippen molar-refractivity contribution in [2.24, 2.45) is 5.84 Å². The Morgan fingerprint density at radius 1 is 1.29 bits per heavy atom. The lowest BCUT2D eigenvalue weighted by molar-refractivity contribution is 0.102. The summed E-state index contributed by atoms with van der Waals surface area (Å²) in [5.74, 6) is 5.11. The number of ether oxygens (including phenoxy) is 1. The molecule has 0 aliphatic rings. The van der Waals surface area contributed by atoms with Gasteiger partial charge in [-0.2, -0.15) is 0 Å². The SMILES string of the molecule is COCc1cccc(NC(=O)c2cc(Cl)ccc2NN)c1. The summed E-state index contributed by atoms with van der Waals surface area (Å²) in [4.78, 5) is 12.3. The number of nitrogen functional groups attached to an aromatic ring is 1. The Labute approximate surface area is 128 Å². The average Bonchev–Trinajstić information content (AvgIpc) is 2.48. The molecule has 0 aromatic heterocycles. The number of hydrogen-bond donors (Lipinski definition) is 3. The molecule has 6 heteroatoms. The van der Waals surface area contributed by atoms with E-state index in [0.717, 1.165) is 5.56 Å². The maximum atomic E-state index is 12.3. The summed E-state index contributed by atoms with van der Waals surface area (Å²) >= 11 is 5.92. The fourth-order valence-corrected chi connectivity index (χ4v) is 2.11. The van der Waals surface area contributed by atoms with Gasteiger partial charge in [0.15, 0.2) is 0 Å². The topological polar surface area (TPSA) is 76.4 Å². The molecule has 5 nitrogen and oxygen atoms in total. The molecule has 0 aliphatic carbocycles. The molecule has 0 unspecified atom stereocenters. The highest BCUT2D eigenvalue weighted by atomic mass is 35.5. The van der Waals surface area contributed by atoms with Crippen LogP contribution in [0.5, 0.6) is 0 Å². The Balaban J connectivity index is 2.21. The van der Waals surface area contributed by atoms with Crippen molar-refractivity contribution in [3.05, 3.63) is 58.6 Å². The van der Waals surface area contributed by atoms with E-state index in [0.29, 0.717) is 28.6 Å². The van der Waals surface area contributed by atoms with Gasteiger partial charge in [0, 0.05) is 17.8 Å². The lowest BCUT2D eigenvalue weighted by Crippen LogP contribution is -2.17. The van der Waals surface area contributed by atoms with E-state index in [9.17, 15) is 4.79 Å². The number of nitrogens with two attached hydrogens (primary N) is 1. The Bertz CT molecular complexity index is 647. The van der Waals surface area contributed by atoms with Gasteiger partial charge in [-0.1, -0.05) is 23.7 Å². The summed E-state index contributed by atoms with van der Waals surface area (Å²) in [6, 6.07) is 12.3. The molecule has 0 bridgehead atoms. The molecule has 0 saturated heterocycles. The average molecular weight is 306 g/mol. The zero-order chi connectivity index (χ0) is 15.2. The third-order valence-corrected chi connectivity index (χ3v) is 3.11. The number of halogens is 1. The van der Waals surface area contributed by atoms with Crippen molar-refractivity contribution in [2.75, 3.05) is 17.9 Å². The minimum Gasteiger partial charge on any atom is -0.380 e. The molecule has 0 spiro atoms. The van der Waals surface area contributed by atoms with Crippen molar-refractivity contribution < 1.29 is 9.53 Å². The number of hydrazine groups is 1. The van der Waals surface area contributed by atoms with E-state index >= 15 is 0 Å². The first-order valence-corrected chi connectivity index (χ1v) is 6.67. The molecule has 4 N–H and O–H groups in total. The molecule has 0 heterocycles. The number of rotatable bonds is 5. The van der Waals surface area contributed by atoms with Crippen LogP contribution < -0.4 is 16.6 Å². The van der Waals surface area contributed by atoms with E-state index in [-0.39, 0.29) is 5.91 Å². The third-order valence-electron chi connectivity index (χ3n) is 2.88. The standard InChI is InChI=1S/C15H16ClN3O2/c1-21-9-10-3-2-4-12(7-10)18-15(20)13-8-11(16)5-6-14(13)19-17/h2-8,19H,9,17H2,1H3,(H,18,20). The van der Waals surface area contributed by atoms with Gasteiger partial charge in [0.05, 0.1) is 17.9 Å². The first-order chi connectivity index (χ1) is 10.1. The normalized spacial score (nSPS) is 10.2. The van der Waals surface area contributed by atoms with Crippen LogP contribution in [0.1, 0.15) is 15.9 Å². The van der Waals surface area contributed by atoms with E-state index in [1.165, 1.54) is 0 Å². The van der Waals surface area contributed by atoms with Crippen molar-refractivity contribution in [3.63, 3.8) is 0 Å². The molecule has 110 valence electrons. The van der Waals surface area contributed by atoms with Gasteiger partial charge in [0.25, 0.3) is 5.91 Å². The molecule has 0 fully saturated rings. The molecule has 21 heavy (non-hydrogen) atoms. The second-order valence-electron chi connectivity index (χ2n) is 4.42. The maximum absolute atomic E-state index is 12.3. The number of anilines is 2.